The van der Waals surface area contributed by atoms with Crippen LogP contribution < -0.4 is 9.47 Å². The lowest BCUT2D eigenvalue weighted by Gasteiger charge is -2.09. The van der Waals surface area contributed by atoms with E-state index >= 15 is 0 Å². The summed E-state index contributed by atoms with van der Waals surface area (Å²) in [4.78, 5) is 13.0. The molecule has 25 heavy (non-hydrogen) atoms. The molecule has 3 aromatic carbocycles. The molecule has 0 amide bonds. The number of rotatable bonds is 2. The minimum absolute atomic E-state index is 0.0362. The molecule has 0 spiro atoms. The molecule has 0 aliphatic carbocycles. The Morgan fingerprint density at radius 2 is 1.80 bits per heavy atom. The summed E-state index contributed by atoms with van der Waals surface area (Å²) in [6.45, 7) is 0.495. The normalized spacial score (nSPS) is 15.6. The molecule has 1 heterocycles. The summed E-state index contributed by atoms with van der Waals surface area (Å²) in [5.41, 5.74) is 2.38. The largest absolute Gasteiger partial charge is 0.497 e. The van der Waals surface area contributed by atoms with E-state index < -0.39 is 0 Å². The summed E-state index contributed by atoms with van der Waals surface area (Å²) >= 11 is 0. The van der Waals surface area contributed by atoms with Crippen molar-refractivity contribution < 1.29 is 14.3 Å². The number of fused-ring (bicyclic) bond motifs is 3. The van der Waals surface area contributed by atoms with Gasteiger partial charge in [0.25, 0.3) is 0 Å². The highest BCUT2D eigenvalue weighted by Crippen LogP contribution is 2.34. The number of hydrogen-bond acceptors (Lipinski definition) is 3. The van der Waals surface area contributed by atoms with Gasteiger partial charge in [-0.25, -0.2) is 0 Å². The predicted molar refractivity (Wildman–Crippen MR) is 99.4 cm³/mol. The fourth-order valence-corrected chi connectivity index (χ4v) is 3.17. The first kappa shape index (κ1) is 15.5. The monoisotopic (exact) mass is 330 g/mol. The first-order valence-electron chi connectivity index (χ1n) is 8.30. The van der Waals surface area contributed by atoms with Gasteiger partial charge in [-0.3, -0.25) is 4.79 Å². The first-order chi connectivity index (χ1) is 12.3. The molecule has 0 aromatic heterocycles. The van der Waals surface area contributed by atoms with Crippen LogP contribution in [0.2, 0.25) is 0 Å². The average Bonchev–Trinajstić information content (AvgIpc) is 2.82. The number of carbonyl (C=O) groups excluding carboxylic acids is 1. The Kier molecular flexibility index (Phi) is 3.98. The van der Waals surface area contributed by atoms with Crippen molar-refractivity contribution in [2.24, 2.45) is 0 Å². The van der Waals surface area contributed by atoms with Crippen LogP contribution in [0.1, 0.15) is 22.3 Å². The molecule has 0 N–H and O–H groups in total. The third kappa shape index (κ3) is 2.89. The minimum atomic E-state index is 0.0362. The second kappa shape index (κ2) is 6.44. The second-order valence-electron chi connectivity index (χ2n) is 6.03. The van der Waals surface area contributed by atoms with Crippen LogP contribution in [0.3, 0.4) is 0 Å². The van der Waals surface area contributed by atoms with E-state index in [9.17, 15) is 4.79 Å². The van der Waals surface area contributed by atoms with Crippen molar-refractivity contribution in [3.8, 4) is 11.5 Å². The second-order valence-corrected chi connectivity index (χ2v) is 6.03. The van der Waals surface area contributed by atoms with E-state index in [1.54, 1.807) is 7.11 Å². The van der Waals surface area contributed by atoms with Crippen molar-refractivity contribution in [3.05, 3.63) is 77.4 Å². The topological polar surface area (TPSA) is 35.5 Å². The van der Waals surface area contributed by atoms with Gasteiger partial charge in [0.2, 0.25) is 0 Å². The molecule has 0 fully saturated rings. The van der Waals surface area contributed by atoms with Gasteiger partial charge in [-0.2, -0.15) is 0 Å². The zero-order valence-electron chi connectivity index (χ0n) is 14.0. The summed E-state index contributed by atoms with van der Waals surface area (Å²) in [6, 6.07) is 19.5. The van der Waals surface area contributed by atoms with Gasteiger partial charge in [0.05, 0.1) is 19.3 Å². The standard InChI is InChI=1S/C22H18O3/c1-24-18-9-6-15(7-10-18)14-17-12-13-25-22-19-5-3-2-4-16(19)8-11-20(22)21(17)23/h2-11,14H,12-13H2,1H3/b17-14-. The highest BCUT2D eigenvalue weighted by atomic mass is 16.5. The van der Waals surface area contributed by atoms with E-state index in [0.29, 0.717) is 24.3 Å². The molecule has 0 atom stereocenters. The predicted octanol–water partition coefficient (Wildman–Crippen LogP) is 4.90. The molecule has 0 unspecified atom stereocenters. The fraction of sp³-hybridized carbons (Fsp3) is 0.136. The van der Waals surface area contributed by atoms with Crippen LogP contribution in [-0.4, -0.2) is 19.5 Å². The van der Waals surface area contributed by atoms with E-state index in [4.69, 9.17) is 9.47 Å². The molecule has 3 aromatic rings. The van der Waals surface area contributed by atoms with Crippen LogP contribution in [0.4, 0.5) is 0 Å². The lowest BCUT2D eigenvalue weighted by atomic mass is 9.96. The molecule has 4 rings (SSSR count). The first-order valence-corrected chi connectivity index (χ1v) is 8.30. The molecule has 0 saturated heterocycles. The number of methoxy groups -OCH3 is 1. The van der Waals surface area contributed by atoms with Gasteiger partial charge in [-0.05, 0) is 35.2 Å². The van der Waals surface area contributed by atoms with Crippen LogP contribution in [0, 0.1) is 0 Å². The Labute approximate surface area is 146 Å². The molecule has 3 heteroatoms. The van der Waals surface area contributed by atoms with Crippen molar-refractivity contribution in [1.29, 1.82) is 0 Å². The van der Waals surface area contributed by atoms with Gasteiger partial charge < -0.3 is 9.47 Å². The molecule has 0 radical (unpaired) electrons. The molecular weight excluding hydrogens is 312 g/mol. The smallest absolute Gasteiger partial charge is 0.192 e. The average molecular weight is 330 g/mol. The zero-order chi connectivity index (χ0) is 17.2. The fourth-order valence-electron chi connectivity index (χ4n) is 3.17. The van der Waals surface area contributed by atoms with E-state index in [-0.39, 0.29) is 5.78 Å². The number of carbonyl (C=O) groups is 1. The van der Waals surface area contributed by atoms with E-state index in [2.05, 4.69) is 0 Å². The van der Waals surface area contributed by atoms with Gasteiger partial charge in [0, 0.05) is 17.4 Å². The molecule has 1 aliphatic rings. The third-order valence-electron chi connectivity index (χ3n) is 4.49. The number of ketones is 1. The Morgan fingerprint density at radius 1 is 1.00 bits per heavy atom. The van der Waals surface area contributed by atoms with Crippen molar-refractivity contribution in [2.75, 3.05) is 13.7 Å². The SMILES string of the molecule is COc1ccc(/C=C2/CCOc3c(ccc4ccccc34)C2=O)cc1. The van der Waals surface area contributed by atoms with Crippen molar-refractivity contribution >= 4 is 22.6 Å². The molecule has 0 saturated carbocycles. The van der Waals surface area contributed by atoms with Crippen molar-refractivity contribution in [1.82, 2.24) is 0 Å². The van der Waals surface area contributed by atoms with Crippen LogP contribution >= 0.6 is 0 Å². The highest BCUT2D eigenvalue weighted by Gasteiger charge is 2.22. The van der Waals surface area contributed by atoms with Crippen LogP contribution in [0.5, 0.6) is 11.5 Å². The number of ether oxygens (including phenoxy) is 2. The summed E-state index contributed by atoms with van der Waals surface area (Å²) < 4.78 is 11.1. The lowest BCUT2D eigenvalue weighted by Crippen LogP contribution is -2.02. The minimum Gasteiger partial charge on any atom is -0.497 e. The summed E-state index contributed by atoms with van der Waals surface area (Å²) in [5, 5.41) is 2.07. The van der Waals surface area contributed by atoms with E-state index in [1.165, 1.54) is 0 Å². The Hall–Kier alpha value is -3.07. The Bertz CT molecular complexity index is 968. The van der Waals surface area contributed by atoms with Gasteiger partial charge in [0.15, 0.2) is 5.78 Å². The highest BCUT2D eigenvalue weighted by molar-refractivity contribution is 6.15. The van der Waals surface area contributed by atoms with Crippen molar-refractivity contribution in [3.63, 3.8) is 0 Å². The van der Waals surface area contributed by atoms with Gasteiger partial charge in [0.1, 0.15) is 11.5 Å². The Balaban J connectivity index is 1.76. The van der Waals surface area contributed by atoms with Crippen LogP contribution in [0.15, 0.2) is 66.2 Å². The number of Topliss-reactive ketones (excluding diaryl/α,β-unsaturated/α-hetero) is 1. The van der Waals surface area contributed by atoms with E-state index in [1.807, 2.05) is 66.7 Å². The zero-order valence-corrected chi connectivity index (χ0v) is 14.0. The van der Waals surface area contributed by atoms with Gasteiger partial charge in [-0.1, -0.05) is 42.5 Å². The maximum Gasteiger partial charge on any atom is 0.192 e. The lowest BCUT2D eigenvalue weighted by molar-refractivity contribution is 0.103. The molecular formula is C22H18O3. The molecule has 3 nitrogen and oxygen atoms in total. The Morgan fingerprint density at radius 3 is 2.60 bits per heavy atom. The molecule has 1 aliphatic heterocycles. The van der Waals surface area contributed by atoms with Crippen molar-refractivity contribution in [2.45, 2.75) is 6.42 Å². The molecule has 0 bridgehead atoms. The van der Waals surface area contributed by atoms with E-state index in [0.717, 1.165) is 27.7 Å². The summed E-state index contributed by atoms with van der Waals surface area (Å²) in [7, 11) is 1.64. The van der Waals surface area contributed by atoms with Gasteiger partial charge >= 0.3 is 0 Å². The number of hydrogen-bond donors (Lipinski definition) is 0. The molecule has 124 valence electrons. The summed E-state index contributed by atoms with van der Waals surface area (Å²) in [5.74, 6) is 1.53. The number of benzene rings is 3. The quantitative estimate of drug-likeness (QED) is 0.627. The van der Waals surface area contributed by atoms with Crippen LogP contribution in [0.25, 0.3) is 16.8 Å². The van der Waals surface area contributed by atoms with Gasteiger partial charge in [-0.15, -0.1) is 0 Å². The van der Waals surface area contributed by atoms with Crippen LogP contribution in [-0.2, 0) is 0 Å². The maximum atomic E-state index is 13.0. The summed E-state index contributed by atoms with van der Waals surface area (Å²) in [6.07, 6.45) is 2.53. The maximum absolute atomic E-state index is 13.0. The third-order valence-corrected chi connectivity index (χ3v) is 4.49.